The molecule has 0 radical (unpaired) electrons. The Morgan fingerprint density at radius 2 is 1.79 bits per heavy atom. The fourth-order valence-electron chi connectivity index (χ4n) is 3.44. The van der Waals surface area contributed by atoms with E-state index in [1.54, 1.807) is 24.3 Å². The molecule has 0 aliphatic carbocycles. The van der Waals surface area contributed by atoms with Gasteiger partial charge in [-0.25, -0.2) is 9.48 Å². The highest BCUT2D eigenvalue weighted by molar-refractivity contribution is 6.32. The summed E-state index contributed by atoms with van der Waals surface area (Å²) >= 11 is 6.11. The number of halogens is 4. The molecular weight excluding hydrogens is 479 g/mol. The summed E-state index contributed by atoms with van der Waals surface area (Å²) in [7, 11) is 0. The molecule has 1 N–H and O–H groups in total. The number of hydrogen-bond acceptors (Lipinski definition) is 6. The maximum Gasteiger partial charge on any atom is 0.409 e. The predicted octanol–water partition coefficient (Wildman–Crippen LogP) is 3.38. The molecule has 176 valence electrons. The van der Waals surface area contributed by atoms with E-state index in [1.807, 2.05) is 0 Å². The number of nitrogens with zero attached hydrogens (tertiary/aromatic N) is 4. The molecule has 2 aromatic carbocycles. The number of amides is 2. The summed E-state index contributed by atoms with van der Waals surface area (Å²) in [6.07, 6.45) is -4.86. The molecule has 0 saturated carbocycles. The Bertz CT molecular complexity index is 1260. The maximum absolute atomic E-state index is 13.8. The Kier molecular flexibility index (Phi) is 6.24. The number of anilines is 2. The molecule has 0 fully saturated rings. The smallest absolute Gasteiger partial charge is 0.409 e. The topological polar surface area (TPSA) is 106 Å². The Balaban J connectivity index is 1.59. The molecule has 0 bridgehead atoms. The number of hydrogen-bond donors (Lipinski definition) is 1. The summed E-state index contributed by atoms with van der Waals surface area (Å²) in [6.45, 7) is -1.03. The molecule has 1 unspecified atom stereocenters. The lowest BCUT2D eigenvalue weighted by Gasteiger charge is -2.31. The standard InChI is InChI=1S/C21H15ClF3N5O4/c22-12-5-1-3-7-14(12)30-16(10-26-28-30)20(33)34-11-19(32)29-15-8-4-2-6-13(15)27-18(31)9-17(29)21(23,24)25/h1-8,10,17H,9,11H2,(H,27,31). The monoisotopic (exact) mass is 493 g/mol. The summed E-state index contributed by atoms with van der Waals surface area (Å²) in [5, 5.41) is 10.0. The van der Waals surface area contributed by atoms with E-state index in [0.29, 0.717) is 10.6 Å². The summed E-state index contributed by atoms with van der Waals surface area (Å²) in [6, 6.07) is 9.52. The van der Waals surface area contributed by atoms with Gasteiger partial charge < -0.3 is 10.1 Å². The number of rotatable bonds is 4. The van der Waals surface area contributed by atoms with Crippen molar-refractivity contribution in [2.75, 3.05) is 16.8 Å². The molecule has 1 aliphatic heterocycles. The number of carbonyl (C=O) groups is 3. The predicted molar refractivity (Wildman–Crippen MR) is 114 cm³/mol. The molecule has 1 aromatic heterocycles. The highest BCUT2D eigenvalue weighted by Gasteiger charge is 2.49. The minimum atomic E-state index is -4.92. The van der Waals surface area contributed by atoms with Gasteiger partial charge in [-0.3, -0.25) is 14.5 Å². The fraction of sp³-hybridized carbons (Fsp3) is 0.190. The molecule has 4 rings (SSSR count). The van der Waals surface area contributed by atoms with Crippen LogP contribution in [0, 0.1) is 0 Å². The number of benzene rings is 2. The minimum Gasteiger partial charge on any atom is -0.451 e. The van der Waals surface area contributed by atoms with E-state index in [-0.39, 0.29) is 22.1 Å². The Morgan fingerprint density at radius 1 is 1.12 bits per heavy atom. The van der Waals surface area contributed by atoms with E-state index in [4.69, 9.17) is 16.3 Å². The van der Waals surface area contributed by atoms with Crippen LogP contribution >= 0.6 is 11.6 Å². The van der Waals surface area contributed by atoms with Crippen molar-refractivity contribution in [3.63, 3.8) is 0 Å². The first-order valence-electron chi connectivity index (χ1n) is 9.77. The van der Waals surface area contributed by atoms with Crippen LogP contribution < -0.4 is 10.2 Å². The van der Waals surface area contributed by atoms with Crippen molar-refractivity contribution in [1.82, 2.24) is 15.0 Å². The molecule has 1 aliphatic rings. The van der Waals surface area contributed by atoms with Crippen LogP contribution in [-0.2, 0) is 14.3 Å². The number of fused-ring (bicyclic) bond motifs is 1. The molecule has 0 spiro atoms. The Hall–Kier alpha value is -3.93. The summed E-state index contributed by atoms with van der Waals surface area (Å²) in [5.74, 6) is -3.13. The molecule has 3 aromatic rings. The van der Waals surface area contributed by atoms with Crippen LogP contribution in [0.15, 0.2) is 54.7 Å². The van der Waals surface area contributed by atoms with Crippen LogP contribution in [0.5, 0.6) is 0 Å². The third-order valence-electron chi connectivity index (χ3n) is 4.94. The number of alkyl halides is 3. The lowest BCUT2D eigenvalue weighted by atomic mass is 10.1. The molecule has 13 heteroatoms. The highest BCUT2D eigenvalue weighted by atomic mass is 35.5. The van der Waals surface area contributed by atoms with Gasteiger partial charge in [0.25, 0.3) is 5.91 Å². The third-order valence-corrected chi connectivity index (χ3v) is 5.26. The van der Waals surface area contributed by atoms with Crippen molar-refractivity contribution in [2.24, 2.45) is 0 Å². The van der Waals surface area contributed by atoms with E-state index in [0.717, 1.165) is 10.9 Å². The van der Waals surface area contributed by atoms with Gasteiger partial charge in [-0.05, 0) is 24.3 Å². The number of esters is 1. The zero-order valence-electron chi connectivity index (χ0n) is 17.1. The van der Waals surface area contributed by atoms with Crippen LogP contribution in [-0.4, -0.2) is 51.6 Å². The number of aromatic nitrogens is 3. The van der Waals surface area contributed by atoms with Crippen LogP contribution in [0.4, 0.5) is 24.5 Å². The van der Waals surface area contributed by atoms with Gasteiger partial charge in [0.1, 0.15) is 6.04 Å². The molecule has 34 heavy (non-hydrogen) atoms. The first-order chi connectivity index (χ1) is 16.2. The Morgan fingerprint density at radius 3 is 2.50 bits per heavy atom. The van der Waals surface area contributed by atoms with Gasteiger partial charge in [0.2, 0.25) is 5.91 Å². The van der Waals surface area contributed by atoms with Crippen molar-refractivity contribution in [3.05, 3.63) is 65.4 Å². The molecule has 0 saturated heterocycles. The maximum atomic E-state index is 13.8. The summed E-state index contributed by atoms with van der Waals surface area (Å²) in [5.41, 5.74) is -0.0242. The second-order valence-electron chi connectivity index (χ2n) is 7.15. The number of ether oxygens (including phenoxy) is 1. The number of carbonyl (C=O) groups excluding carboxylic acids is 3. The van der Waals surface area contributed by atoms with Crippen molar-refractivity contribution in [1.29, 1.82) is 0 Å². The van der Waals surface area contributed by atoms with Gasteiger partial charge in [0, 0.05) is 0 Å². The molecule has 9 nitrogen and oxygen atoms in total. The van der Waals surface area contributed by atoms with E-state index < -0.39 is 43.0 Å². The van der Waals surface area contributed by atoms with E-state index in [1.165, 1.54) is 24.3 Å². The second kappa shape index (κ2) is 9.14. The van der Waals surface area contributed by atoms with E-state index in [2.05, 4.69) is 15.6 Å². The SMILES string of the molecule is O=C1CC(C(F)(F)F)N(C(=O)COC(=O)c2cnnn2-c2ccccc2Cl)c2ccccc2N1. The lowest BCUT2D eigenvalue weighted by Crippen LogP contribution is -2.51. The van der Waals surface area contributed by atoms with E-state index >= 15 is 0 Å². The zero-order valence-corrected chi connectivity index (χ0v) is 17.9. The van der Waals surface area contributed by atoms with Crippen LogP contribution in [0.25, 0.3) is 5.69 Å². The van der Waals surface area contributed by atoms with Crippen LogP contribution in [0.1, 0.15) is 16.9 Å². The van der Waals surface area contributed by atoms with Crippen molar-refractivity contribution >= 4 is 40.8 Å². The fourth-order valence-corrected chi connectivity index (χ4v) is 3.66. The zero-order chi connectivity index (χ0) is 24.5. The first-order valence-corrected chi connectivity index (χ1v) is 10.1. The largest absolute Gasteiger partial charge is 0.451 e. The minimum absolute atomic E-state index is 0.0277. The van der Waals surface area contributed by atoms with Crippen molar-refractivity contribution in [3.8, 4) is 5.69 Å². The van der Waals surface area contributed by atoms with Gasteiger partial charge in [-0.2, -0.15) is 13.2 Å². The lowest BCUT2D eigenvalue weighted by molar-refractivity contribution is -0.158. The second-order valence-corrected chi connectivity index (χ2v) is 7.56. The summed E-state index contributed by atoms with van der Waals surface area (Å²) in [4.78, 5) is 38.0. The molecule has 2 heterocycles. The Labute approximate surface area is 195 Å². The van der Waals surface area contributed by atoms with Gasteiger partial charge in [-0.1, -0.05) is 41.1 Å². The molecule has 2 amide bonds. The van der Waals surface area contributed by atoms with Crippen molar-refractivity contribution in [2.45, 2.75) is 18.6 Å². The number of nitrogens with one attached hydrogen (secondary N) is 1. The van der Waals surface area contributed by atoms with E-state index in [9.17, 15) is 27.6 Å². The third kappa shape index (κ3) is 4.57. The van der Waals surface area contributed by atoms with Crippen LogP contribution in [0.3, 0.4) is 0 Å². The number of para-hydroxylation sites is 3. The van der Waals surface area contributed by atoms with Gasteiger partial charge >= 0.3 is 12.1 Å². The highest BCUT2D eigenvalue weighted by Crippen LogP contribution is 2.37. The quantitative estimate of drug-likeness (QED) is 0.558. The summed E-state index contributed by atoms with van der Waals surface area (Å²) < 4.78 is 47.4. The van der Waals surface area contributed by atoms with Gasteiger partial charge in [-0.15, -0.1) is 5.10 Å². The average Bonchev–Trinajstić information content (AvgIpc) is 3.21. The van der Waals surface area contributed by atoms with Crippen LogP contribution in [0.2, 0.25) is 5.02 Å². The van der Waals surface area contributed by atoms with Gasteiger partial charge in [0.05, 0.1) is 34.7 Å². The average molecular weight is 494 g/mol. The molecular formula is C21H15ClF3N5O4. The normalized spacial score (nSPS) is 15.8. The first kappa shape index (κ1) is 23.2. The van der Waals surface area contributed by atoms with Gasteiger partial charge in [0.15, 0.2) is 12.3 Å². The molecule has 1 atom stereocenters. The van der Waals surface area contributed by atoms with Crippen molar-refractivity contribution < 1.29 is 32.3 Å².